The maximum Gasteiger partial charge on any atom is 0.327 e. The first-order valence-corrected chi connectivity index (χ1v) is 10.4. The van der Waals surface area contributed by atoms with E-state index in [1.54, 1.807) is 0 Å². The third-order valence-corrected chi connectivity index (χ3v) is 4.63. The van der Waals surface area contributed by atoms with Gasteiger partial charge in [-0.2, -0.15) is 12.6 Å². The van der Waals surface area contributed by atoms with E-state index >= 15 is 0 Å². The Morgan fingerprint density at radius 2 is 1.50 bits per heavy atom. The van der Waals surface area contributed by atoms with Crippen LogP contribution in [0.2, 0.25) is 0 Å². The Kier molecular flexibility index (Phi) is 13.3. The molecule has 0 saturated carbocycles. The van der Waals surface area contributed by atoms with E-state index < -0.39 is 60.1 Å². The molecule has 0 rings (SSSR count). The molecule has 12 N–H and O–H groups in total. The molecule has 0 aromatic rings. The van der Waals surface area contributed by atoms with Gasteiger partial charge in [0.15, 0.2) is 5.96 Å². The molecule has 0 bridgehead atoms. The molecule has 0 spiro atoms. The number of amides is 3. The van der Waals surface area contributed by atoms with Gasteiger partial charge < -0.3 is 48.5 Å². The van der Waals surface area contributed by atoms with Crippen LogP contribution in [0.1, 0.15) is 26.7 Å². The Bertz CT molecular complexity index is 686. The lowest BCUT2D eigenvalue weighted by Crippen LogP contribution is -2.60. The van der Waals surface area contributed by atoms with Crippen molar-refractivity contribution >= 4 is 42.3 Å². The van der Waals surface area contributed by atoms with Gasteiger partial charge >= 0.3 is 5.97 Å². The van der Waals surface area contributed by atoms with Crippen LogP contribution in [0, 0.1) is 0 Å². The molecule has 15 heteroatoms. The van der Waals surface area contributed by atoms with Crippen LogP contribution in [-0.4, -0.2) is 93.6 Å². The van der Waals surface area contributed by atoms with Crippen molar-refractivity contribution in [2.45, 2.75) is 63.1 Å². The summed E-state index contributed by atoms with van der Waals surface area (Å²) in [4.78, 5) is 52.3. The highest BCUT2D eigenvalue weighted by Crippen LogP contribution is 2.04. The normalized spacial score (nSPS) is 16.4. The van der Waals surface area contributed by atoms with Gasteiger partial charge in [0, 0.05) is 12.3 Å². The molecule has 6 unspecified atom stereocenters. The van der Waals surface area contributed by atoms with Crippen molar-refractivity contribution < 1.29 is 34.5 Å². The van der Waals surface area contributed by atoms with Gasteiger partial charge in [-0.15, -0.1) is 0 Å². The lowest BCUT2D eigenvalue weighted by Gasteiger charge is -2.26. The quantitative estimate of drug-likeness (QED) is 0.0495. The molecule has 0 aliphatic rings. The molecule has 6 atom stereocenters. The Morgan fingerprint density at radius 3 is 1.94 bits per heavy atom. The number of carboxylic acid groups (broad SMARTS) is 1. The number of guanidine groups is 1. The number of aliphatic hydroxyl groups excluding tert-OH is 2. The Hall–Kier alpha value is -2.62. The van der Waals surface area contributed by atoms with Crippen LogP contribution in [0.25, 0.3) is 0 Å². The van der Waals surface area contributed by atoms with Crippen LogP contribution in [0.3, 0.4) is 0 Å². The number of aliphatic imine (C=N–C) groups is 1. The van der Waals surface area contributed by atoms with E-state index in [-0.39, 0.29) is 31.1 Å². The summed E-state index contributed by atoms with van der Waals surface area (Å²) in [7, 11) is 0. The molecule has 0 radical (unpaired) electrons. The van der Waals surface area contributed by atoms with Crippen LogP contribution < -0.4 is 33.2 Å². The van der Waals surface area contributed by atoms with Crippen LogP contribution in [-0.2, 0) is 19.2 Å². The van der Waals surface area contributed by atoms with Gasteiger partial charge in [-0.05, 0) is 26.7 Å². The number of aliphatic hydroxyl groups is 2. The molecule has 32 heavy (non-hydrogen) atoms. The average molecular weight is 480 g/mol. The van der Waals surface area contributed by atoms with Crippen LogP contribution >= 0.6 is 12.6 Å². The molecule has 0 aromatic heterocycles. The maximum atomic E-state index is 12.8. The highest BCUT2D eigenvalue weighted by molar-refractivity contribution is 7.80. The van der Waals surface area contributed by atoms with Crippen molar-refractivity contribution in [2.75, 3.05) is 12.3 Å². The summed E-state index contributed by atoms with van der Waals surface area (Å²) < 4.78 is 0. The minimum atomic E-state index is -1.52. The minimum Gasteiger partial charge on any atom is -0.480 e. The van der Waals surface area contributed by atoms with Gasteiger partial charge in [0.25, 0.3) is 0 Å². The topological polar surface area (TPSA) is 255 Å². The van der Waals surface area contributed by atoms with E-state index in [0.29, 0.717) is 0 Å². The number of nitrogens with one attached hydrogen (secondary N) is 3. The van der Waals surface area contributed by atoms with E-state index in [1.807, 2.05) is 0 Å². The largest absolute Gasteiger partial charge is 0.480 e. The van der Waals surface area contributed by atoms with E-state index in [4.69, 9.17) is 22.3 Å². The number of thiol groups is 1. The zero-order valence-electron chi connectivity index (χ0n) is 17.9. The third kappa shape index (κ3) is 10.6. The number of carbonyl (C=O) groups is 4. The zero-order chi connectivity index (χ0) is 25.0. The van der Waals surface area contributed by atoms with Gasteiger partial charge in [0.1, 0.15) is 24.2 Å². The second-order valence-electron chi connectivity index (χ2n) is 7.09. The van der Waals surface area contributed by atoms with Gasteiger partial charge in [-0.3, -0.25) is 19.4 Å². The highest BCUT2D eigenvalue weighted by Gasteiger charge is 2.32. The molecule has 0 saturated heterocycles. The zero-order valence-corrected chi connectivity index (χ0v) is 18.8. The number of nitrogens with two attached hydrogens (primary N) is 3. The molecular weight excluding hydrogens is 446 g/mol. The fraction of sp³-hybridized carbons (Fsp3) is 0.706. The standard InChI is InChI=1S/C17H33N7O7S/c1-7(25)11(18)14(28)22-9(4-3-5-21-17(19)20)13(27)24-12(8(2)26)15(29)23-10(6-32)16(30)31/h7-12,25-26,32H,3-6,18H2,1-2H3,(H,22,28)(H,23,29)(H,24,27)(H,30,31)(H4,19,20,21). The summed E-state index contributed by atoms with van der Waals surface area (Å²) in [6.07, 6.45) is -2.30. The molecular formula is C17H33N7O7S. The molecule has 0 aliphatic heterocycles. The van der Waals surface area contributed by atoms with Crippen LogP contribution in [0.15, 0.2) is 4.99 Å². The van der Waals surface area contributed by atoms with Crippen LogP contribution in [0.5, 0.6) is 0 Å². The second-order valence-corrected chi connectivity index (χ2v) is 7.45. The molecule has 3 amide bonds. The molecule has 0 aliphatic carbocycles. The number of hydrogen-bond acceptors (Lipinski definition) is 9. The van der Waals surface area contributed by atoms with E-state index in [2.05, 4.69) is 33.6 Å². The number of nitrogens with zero attached hydrogens (tertiary/aromatic N) is 1. The first-order valence-electron chi connectivity index (χ1n) is 9.73. The van der Waals surface area contributed by atoms with Gasteiger partial charge in [0.05, 0.1) is 12.2 Å². The highest BCUT2D eigenvalue weighted by atomic mass is 32.1. The van der Waals surface area contributed by atoms with Crippen molar-refractivity contribution in [1.82, 2.24) is 16.0 Å². The number of carboxylic acids is 1. The van der Waals surface area contributed by atoms with Crippen molar-refractivity contribution in [3.05, 3.63) is 0 Å². The number of hydrogen-bond donors (Lipinski definition) is 10. The molecule has 0 fully saturated rings. The molecule has 0 aromatic carbocycles. The van der Waals surface area contributed by atoms with Crippen molar-refractivity contribution in [3.8, 4) is 0 Å². The first kappa shape index (κ1) is 29.4. The number of carbonyl (C=O) groups excluding carboxylic acids is 3. The predicted octanol–water partition coefficient (Wildman–Crippen LogP) is -4.40. The van der Waals surface area contributed by atoms with Crippen molar-refractivity contribution in [2.24, 2.45) is 22.2 Å². The second kappa shape index (κ2) is 14.4. The monoisotopic (exact) mass is 479 g/mol. The van der Waals surface area contributed by atoms with Crippen molar-refractivity contribution in [1.29, 1.82) is 0 Å². The Labute approximate surface area is 190 Å². The van der Waals surface area contributed by atoms with Gasteiger partial charge in [-0.1, -0.05) is 0 Å². The summed E-state index contributed by atoms with van der Waals surface area (Å²) in [5, 5.41) is 35.3. The van der Waals surface area contributed by atoms with E-state index in [1.165, 1.54) is 13.8 Å². The van der Waals surface area contributed by atoms with Gasteiger partial charge in [0.2, 0.25) is 17.7 Å². The smallest absolute Gasteiger partial charge is 0.327 e. The Morgan fingerprint density at radius 1 is 0.938 bits per heavy atom. The SMILES string of the molecule is CC(O)C(N)C(=O)NC(CCCN=C(N)N)C(=O)NC(C(=O)NC(CS)C(=O)O)C(C)O. The number of aliphatic carboxylic acids is 1. The summed E-state index contributed by atoms with van der Waals surface area (Å²) >= 11 is 3.83. The molecule has 184 valence electrons. The van der Waals surface area contributed by atoms with Crippen molar-refractivity contribution in [3.63, 3.8) is 0 Å². The van der Waals surface area contributed by atoms with Crippen LogP contribution in [0.4, 0.5) is 0 Å². The molecule has 0 heterocycles. The van der Waals surface area contributed by atoms with Gasteiger partial charge in [-0.25, -0.2) is 4.79 Å². The first-order chi connectivity index (χ1) is 14.8. The third-order valence-electron chi connectivity index (χ3n) is 4.26. The molecule has 14 nitrogen and oxygen atoms in total. The average Bonchev–Trinajstić information content (AvgIpc) is 2.70. The maximum absolute atomic E-state index is 12.8. The van der Waals surface area contributed by atoms with E-state index in [9.17, 15) is 29.4 Å². The lowest BCUT2D eigenvalue weighted by molar-refractivity contribution is -0.142. The lowest BCUT2D eigenvalue weighted by atomic mass is 10.1. The summed E-state index contributed by atoms with van der Waals surface area (Å²) in [5.41, 5.74) is 16.1. The fourth-order valence-corrected chi connectivity index (χ4v) is 2.61. The Balaban J connectivity index is 5.44. The predicted molar refractivity (Wildman–Crippen MR) is 119 cm³/mol. The summed E-state index contributed by atoms with van der Waals surface area (Å²) in [5.74, 6) is -4.35. The summed E-state index contributed by atoms with van der Waals surface area (Å²) in [6, 6.07) is -5.39. The minimum absolute atomic E-state index is 0.0312. The summed E-state index contributed by atoms with van der Waals surface area (Å²) in [6.45, 7) is 2.66. The fourth-order valence-electron chi connectivity index (χ4n) is 2.37. The number of rotatable bonds is 14. The van der Waals surface area contributed by atoms with E-state index in [0.717, 1.165) is 0 Å².